The molecule has 3 N–H and O–H groups in total. The van der Waals surface area contributed by atoms with Gasteiger partial charge in [-0.25, -0.2) is 0 Å². The third kappa shape index (κ3) is 2.33. The van der Waals surface area contributed by atoms with E-state index < -0.39 is 11.5 Å². The number of carbonyl (C=O) groups is 2. The molecule has 1 aromatic carbocycles. The first kappa shape index (κ1) is 13.5. The van der Waals surface area contributed by atoms with Gasteiger partial charge in [0.05, 0.1) is 0 Å². The van der Waals surface area contributed by atoms with Crippen molar-refractivity contribution in [1.29, 1.82) is 0 Å². The summed E-state index contributed by atoms with van der Waals surface area (Å²) < 4.78 is 0. The standard InChI is InChI=1S/C14H18N2O3/c1-9-4-3-5-11(10(9)2)12(17)16-7-6-14(15,8-16)13(18)19/h3-5H,6-8,15H2,1-2H3,(H,18,19). The zero-order valence-electron chi connectivity index (χ0n) is 11.1. The van der Waals surface area contributed by atoms with Crippen LogP contribution in [0.15, 0.2) is 18.2 Å². The summed E-state index contributed by atoms with van der Waals surface area (Å²) in [5.41, 5.74) is 7.06. The zero-order valence-corrected chi connectivity index (χ0v) is 11.1. The highest BCUT2D eigenvalue weighted by molar-refractivity contribution is 5.97. The Morgan fingerprint density at radius 1 is 1.37 bits per heavy atom. The van der Waals surface area contributed by atoms with Crippen molar-refractivity contribution in [3.8, 4) is 0 Å². The molecule has 0 spiro atoms. The van der Waals surface area contributed by atoms with Crippen molar-refractivity contribution in [2.75, 3.05) is 13.1 Å². The van der Waals surface area contributed by atoms with Gasteiger partial charge in [-0.15, -0.1) is 0 Å². The maximum Gasteiger partial charge on any atom is 0.325 e. The van der Waals surface area contributed by atoms with Crippen LogP contribution in [-0.4, -0.2) is 40.5 Å². The minimum absolute atomic E-state index is 0.0640. The Morgan fingerprint density at radius 2 is 2.05 bits per heavy atom. The quantitative estimate of drug-likeness (QED) is 0.830. The van der Waals surface area contributed by atoms with Gasteiger partial charge in [0, 0.05) is 18.7 Å². The topological polar surface area (TPSA) is 83.6 Å². The molecule has 0 saturated carbocycles. The molecular formula is C14H18N2O3. The van der Waals surface area contributed by atoms with Gasteiger partial charge in [0.15, 0.2) is 0 Å². The Bertz CT molecular complexity index is 541. The molecule has 102 valence electrons. The summed E-state index contributed by atoms with van der Waals surface area (Å²) in [4.78, 5) is 25.0. The number of carbonyl (C=O) groups excluding carboxylic acids is 1. The molecule has 2 rings (SSSR count). The molecule has 0 radical (unpaired) electrons. The SMILES string of the molecule is Cc1cccc(C(=O)N2CCC(N)(C(=O)O)C2)c1C. The lowest BCUT2D eigenvalue weighted by Crippen LogP contribution is -2.50. The molecule has 5 heteroatoms. The van der Waals surface area contributed by atoms with Crippen molar-refractivity contribution in [1.82, 2.24) is 4.90 Å². The number of hydrogen-bond donors (Lipinski definition) is 2. The number of aryl methyl sites for hydroxylation is 1. The number of carboxylic acids is 1. The molecule has 1 aromatic rings. The Hall–Kier alpha value is -1.88. The third-order valence-corrected chi connectivity index (χ3v) is 3.85. The van der Waals surface area contributed by atoms with E-state index in [1.165, 1.54) is 4.90 Å². The Balaban J connectivity index is 2.23. The number of carboxylic acid groups (broad SMARTS) is 1. The molecular weight excluding hydrogens is 244 g/mol. The van der Waals surface area contributed by atoms with Crippen molar-refractivity contribution in [3.63, 3.8) is 0 Å². The van der Waals surface area contributed by atoms with E-state index in [0.29, 0.717) is 18.5 Å². The lowest BCUT2D eigenvalue weighted by atomic mass is 10.0. The van der Waals surface area contributed by atoms with Gasteiger partial charge in [-0.05, 0) is 37.5 Å². The molecule has 19 heavy (non-hydrogen) atoms. The summed E-state index contributed by atoms with van der Waals surface area (Å²) in [5, 5.41) is 9.08. The molecule has 0 aliphatic carbocycles. The molecule has 0 bridgehead atoms. The van der Waals surface area contributed by atoms with Gasteiger partial charge in [-0.3, -0.25) is 9.59 Å². The number of nitrogens with zero attached hydrogens (tertiary/aromatic N) is 1. The molecule has 1 saturated heterocycles. The number of amides is 1. The second kappa shape index (κ2) is 4.66. The summed E-state index contributed by atoms with van der Waals surface area (Å²) in [5.74, 6) is -1.20. The molecule has 1 atom stereocenters. The molecule has 5 nitrogen and oxygen atoms in total. The Labute approximate surface area is 112 Å². The van der Waals surface area contributed by atoms with E-state index in [9.17, 15) is 9.59 Å². The van der Waals surface area contributed by atoms with Gasteiger partial charge in [0.1, 0.15) is 5.54 Å². The molecule has 1 fully saturated rings. The van der Waals surface area contributed by atoms with Crippen molar-refractivity contribution >= 4 is 11.9 Å². The second-order valence-corrected chi connectivity index (χ2v) is 5.19. The normalized spacial score (nSPS) is 22.6. The van der Waals surface area contributed by atoms with Crippen LogP contribution in [0.4, 0.5) is 0 Å². The highest BCUT2D eigenvalue weighted by Gasteiger charge is 2.43. The lowest BCUT2D eigenvalue weighted by molar-refractivity contribution is -0.142. The average Bonchev–Trinajstić information content (AvgIpc) is 2.76. The number of likely N-dealkylation sites (tertiary alicyclic amines) is 1. The molecule has 1 aliphatic rings. The van der Waals surface area contributed by atoms with E-state index >= 15 is 0 Å². The fourth-order valence-corrected chi connectivity index (χ4v) is 2.33. The first-order chi connectivity index (χ1) is 8.85. The monoisotopic (exact) mass is 262 g/mol. The predicted molar refractivity (Wildman–Crippen MR) is 71.0 cm³/mol. The van der Waals surface area contributed by atoms with E-state index in [1.54, 1.807) is 6.07 Å². The van der Waals surface area contributed by atoms with E-state index in [0.717, 1.165) is 11.1 Å². The molecule has 1 heterocycles. The van der Waals surface area contributed by atoms with Gasteiger partial charge in [0.25, 0.3) is 5.91 Å². The number of nitrogens with two attached hydrogens (primary N) is 1. The van der Waals surface area contributed by atoms with Gasteiger partial charge in [0.2, 0.25) is 0 Å². The largest absolute Gasteiger partial charge is 0.480 e. The summed E-state index contributed by atoms with van der Waals surface area (Å²) >= 11 is 0. The minimum atomic E-state index is -1.31. The summed E-state index contributed by atoms with van der Waals surface area (Å²) in [6, 6.07) is 5.54. The van der Waals surface area contributed by atoms with E-state index in [4.69, 9.17) is 10.8 Å². The fraction of sp³-hybridized carbons (Fsp3) is 0.429. The van der Waals surface area contributed by atoms with Crippen molar-refractivity contribution < 1.29 is 14.7 Å². The number of hydrogen-bond acceptors (Lipinski definition) is 3. The van der Waals surface area contributed by atoms with Crippen LogP contribution in [0, 0.1) is 13.8 Å². The van der Waals surface area contributed by atoms with E-state index in [1.807, 2.05) is 26.0 Å². The third-order valence-electron chi connectivity index (χ3n) is 3.85. The predicted octanol–water partition coefficient (Wildman–Crippen LogP) is 0.931. The van der Waals surface area contributed by atoms with Crippen LogP contribution in [0.5, 0.6) is 0 Å². The molecule has 1 amide bonds. The lowest BCUT2D eigenvalue weighted by Gasteiger charge is -2.21. The van der Waals surface area contributed by atoms with Crippen LogP contribution >= 0.6 is 0 Å². The average molecular weight is 262 g/mol. The number of benzene rings is 1. The van der Waals surface area contributed by atoms with Gasteiger partial charge in [-0.2, -0.15) is 0 Å². The highest BCUT2D eigenvalue weighted by atomic mass is 16.4. The number of aliphatic carboxylic acids is 1. The zero-order chi connectivity index (χ0) is 14.2. The highest BCUT2D eigenvalue weighted by Crippen LogP contribution is 2.23. The minimum Gasteiger partial charge on any atom is -0.480 e. The fourth-order valence-electron chi connectivity index (χ4n) is 2.33. The smallest absolute Gasteiger partial charge is 0.325 e. The summed E-state index contributed by atoms with van der Waals surface area (Å²) in [6.07, 6.45) is 0.291. The van der Waals surface area contributed by atoms with Crippen molar-refractivity contribution in [2.45, 2.75) is 25.8 Å². The van der Waals surface area contributed by atoms with Crippen LogP contribution in [-0.2, 0) is 4.79 Å². The van der Waals surface area contributed by atoms with E-state index in [-0.39, 0.29) is 12.5 Å². The van der Waals surface area contributed by atoms with Gasteiger partial charge in [-0.1, -0.05) is 12.1 Å². The van der Waals surface area contributed by atoms with Crippen molar-refractivity contribution in [2.24, 2.45) is 5.73 Å². The van der Waals surface area contributed by atoms with Crippen LogP contribution in [0.25, 0.3) is 0 Å². The summed E-state index contributed by atoms with van der Waals surface area (Å²) in [6.45, 7) is 4.29. The number of rotatable bonds is 2. The Morgan fingerprint density at radius 3 is 2.63 bits per heavy atom. The summed E-state index contributed by atoms with van der Waals surface area (Å²) in [7, 11) is 0. The molecule has 0 aromatic heterocycles. The molecule has 1 unspecified atom stereocenters. The first-order valence-electron chi connectivity index (χ1n) is 6.23. The van der Waals surface area contributed by atoms with Gasteiger partial charge < -0.3 is 15.7 Å². The first-order valence-corrected chi connectivity index (χ1v) is 6.23. The second-order valence-electron chi connectivity index (χ2n) is 5.19. The van der Waals surface area contributed by atoms with Crippen LogP contribution in [0.3, 0.4) is 0 Å². The van der Waals surface area contributed by atoms with E-state index in [2.05, 4.69) is 0 Å². The van der Waals surface area contributed by atoms with Crippen LogP contribution in [0.2, 0.25) is 0 Å². The maximum absolute atomic E-state index is 12.4. The van der Waals surface area contributed by atoms with Crippen LogP contribution < -0.4 is 5.73 Å². The van der Waals surface area contributed by atoms with Crippen LogP contribution in [0.1, 0.15) is 27.9 Å². The van der Waals surface area contributed by atoms with Crippen molar-refractivity contribution in [3.05, 3.63) is 34.9 Å². The Kier molecular flexibility index (Phi) is 3.32. The van der Waals surface area contributed by atoms with Gasteiger partial charge >= 0.3 is 5.97 Å². The maximum atomic E-state index is 12.4. The molecule has 1 aliphatic heterocycles.